The van der Waals surface area contributed by atoms with Gasteiger partial charge in [0.15, 0.2) is 0 Å². The fourth-order valence-electron chi connectivity index (χ4n) is 3.70. The predicted octanol–water partition coefficient (Wildman–Crippen LogP) is 2.60. The summed E-state index contributed by atoms with van der Waals surface area (Å²) in [5, 5.41) is 0. The zero-order valence-corrected chi connectivity index (χ0v) is 13.6. The second-order valence-electron chi connectivity index (χ2n) is 7.59. The molecule has 0 bridgehead atoms. The average molecular weight is 289 g/mol. The third kappa shape index (κ3) is 2.59. The first-order valence-corrected chi connectivity index (χ1v) is 8.01. The van der Waals surface area contributed by atoms with Gasteiger partial charge in [0.1, 0.15) is 17.5 Å². The Morgan fingerprint density at radius 1 is 1.14 bits per heavy atom. The summed E-state index contributed by atoms with van der Waals surface area (Å²) in [5.74, 6) is 10.0. The maximum absolute atomic E-state index is 5.66. The molecule has 1 aliphatic heterocycles. The number of hydrazine groups is 1. The van der Waals surface area contributed by atoms with Crippen molar-refractivity contribution in [2.75, 3.05) is 23.4 Å². The van der Waals surface area contributed by atoms with Crippen LogP contribution < -0.4 is 16.2 Å². The monoisotopic (exact) mass is 289 g/mol. The summed E-state index contributed by atoms with van der Waals surface area (Å²) in [5.41, 5.74) is 3.73. The lowest BCUT2D eigenvalue weighted by Crippen LogP contribution is -2.27. The van der Waals surface area contributed by atoms with Crippen LogP contribution in [0.15, 0.2) is 0 Å². The number of nitrogens with two attached hydrogens (primary N) is 1. The van der Waals surface area contributed by atoms with Crippen molar-refractivity contribution in [2.24, 2.45) is 17.7 Å². The van der Waals surface area contributed by atoms with E-state index in [-0.39, 0.29) is 5.41 Å². The lowest BCUT2D eigenvalue weighted by molar-refractivity contribution is 0.494. The number of rotatable bonds is 2. The minimum Gasteiger partial charge on any atom is -0.356 e. The van der Waals surface area contributed by atoms with Crippen molar-refractivity contribution in [3.05, 3.63) is 11.4 Å². The van der Waals surface area contributed by atoms with Gasteiger partial charge in [0.25, 0.3) is 0 Å². The largest absolute Gasteiger partial charge is 0.356 e. The van der Waals surface area contributed by atoms with Gasteiger partial charge < -0.3 is 10.3 Å². The third-order valence-corrected chi connectivity index (χ3v) is 4.95. The molecule has 0 aromatic carbocycles. The zero-order valence-electron chi connectivity index (χ0n) is 13.6. The molecule has 1 aliphatic carbocycles. The van der Waals surface area contributed by atoms with Crippen LogP contribution in [-0.2, 0) is 5.41 Å². The Hall–Kier alpha value is -1.36. The zero-order chi connectivity index (χ0) is 15.2. The van der Waals surface area contributed by atoms with Crippen LogP contribution in [-0.4, -0.2) is 23.1 Å². The summed E-state index contributed by atoms with van der Waals surface area (Å²) in [6, 6.07) is 0. The molecular formula is C16H27N5. The van der Waals surface area contributed by atoms with Crippen molar-refractivity contribution < 1.29 is 0 Å². The first-order chi connectivity index (χ1) is 9.90. The van der Waals surface area contributed by atoms with Crippen molar-refractivity contribution in [1.82, 2.24) is 9.97 Å². The van der Waals surface area contributed by atoms with Gasteiger partial charge in [0.2, 0.25) is 0 Å². The van der Waals surface area contributed by atoms with Crippen LogP contribution in [0.5, 0.6) is 0 Å². The Kier molecular flexibility index (Phi) is 3.56. The van der Waals surface area contributed by atoms with E-state index in [2.05, 4.69) is 43.0 Å². The number of nitrogens with zero attached hydrogens (tertiary/aromatic N) is 3. The number of nitrogens with one attached hydrogen (secondary N) is 1. The van der Waals surface area contributed by atoms with E-state index in [0.29, 0.717) is 0 Å². The Bertz CT molecular complexity index is 522. The molecule has 3 rings (SSSR count). The minimum atomic E-state index is -0.0797. The summed E-state index contributed by atoms with van der Waals surface area (Å²) in [4.78, 5) is 11.9. The highest BCUT2D eigenvalue weighted by molar-refractivity contribution is 5.59. The smallest absolute Gasteiger partial charge is 0.148 e. The molecule has 1 saturated carbocycles. The van der Waals surface area contributed by atoms with Crippen molar-refractivity contribution in [2.45, 2.75) is 52.4 Å². The third-order valence-electron chi connectivity index (χ3n) is 4.95. The number of nitrogen functional groups attached to an aromatic ring is 1. The molecule has 2 unspecified atom stereocenters. The molecule has 1 aromatic rings. The van der Waals surface area contributed by atoms with E-state index in [0.717, 1.165) is 47.9 Å². The molecule has 5 heteroatoms. The molecule has 2 atom stereocenters. The molecule has 0 radical (unpaired) electrons. The number of anilines is 2. The lowest BCUT2D eigenvalue weighted by atomic mass is 9.95. The van der Waals surface area contributed by atoms with Crippen LogP contribution in [0, 0.1) is 18.8 Å². The second kappa shape index (κ2) is 5.13. The summed E-state index contributed by atoms with van der Waals surface area (Å²) >= 11 is 0. The van der Waals surface area contributed by atoms with Gasteiger partial charge >= 0.3 is 0 Å². The SMILES string of the molecule is Cc1c(NN)nc(C(C)(C)C)nc1N1CC2CCCC2C1. The Morgan fingerprint density at radius 2 is 1.76 bits per heavy atom. The van der Waals surface area contributed by atoms with Crippen LogP contribution in [0.25, 0.3) is 0 Å². The summed E-state index contributed by atoms with van der Waals surface area (Å²) in [6.07, 6.45) is 4.15. The summed E-state index contributed by atoms with van der Waals surface area (Å²) < 4.78 is 0. The predicted molar refractivity (Wildman–Crippen MR) is 86.3 cm³/mol. The highest BCUT2D eigenvalue weighted by atomic mass is 15.3. The molecule has 1 aromatic heterocycles. The molecule has 2 aliphatic rings. The Balaban J connectivity index is 1.97. The van der Waals surface area contributed by atoms with Crippen LogP contribution in [0.2, 0.25) is 0 Å². The molecule has 2 fully saturated rings. The standard InChI is InChI=1S/C16H27N5/c1-10-13(20-17)18-15(16(2,3)4)19-14(10)21-8-11-6-5-7-12(11)9-21/h11-12H,5-9,17H2,1-4H3,(H,18,19,20). The maximum atomic E-state index is 5.66. The van der Waals surface area contributed by atoms with E-state index >= 15 is 0 Å². The summed E-state index contributed by atoms with van der Waals surface area (Å²) in [6.45, 7) is 10.7. The molecule has 3 N–H and O–H groups in total. The highest BCUT2D eigenvalue weighted by Crippen LogP contribution is 2.40. The van der Waals surface area contributed by atoms with Crippen LogP contribution in [0.1, 0.15) is 51.4 Å². The van der Waals surface area contributed by atoms with E-state index in [1.165, 1.54) is 19.3 Å². The molecule has 21 heavy (non-hydrogen) atoms. The van der Waals surface area contributed by atoms with Gasteiger partial charge in [-0.1, -0.05) is 27.2 Å². The molecule has 0 spiro atoms. The van der Waals surface area contributed by atoms with E-state index < -0.39 is 0 Å². The van der Waals surface area contributed by atoms with E-state index in [1.54, 1.807) is 0 Å². The van der Waals surface area contributed by atoms with Gasteiger partial charge in [-0.05, 0) is 31.6 Å². The average Bonchev–Trinajstić information content (AvgIpc) is 2.98. The molecule has 116 valence electrons. The second-order valence-corrected chi connectivity index (χ2v) is 7.59. The summed E-state index contributed by atoms with van der Waals surface area (Å²) in [7, 11) is 0. The van der Waals surface area contributed by atoms with Crippen molar-refractivity contribution >= 4 is 11.6 Å². The molecule has 0 amide bonds. The topological polar surface area (TPSA) is 67.1 Å². The van der Waals surface area contributed by atoms with Gasteiger partial charge in [-0.25, -0.2) is 15.8 Å². The number of aromatic nitrogens is 2. The van der Waals surface area contributed by atoms with Gasteiger partial charge in [-0.2, -0.15) is 0 Å². The van der Waals surface area contributed by atoms with Crippen LogP contribution >= 0.6 is 0 Å². The maximum Gasteiger partial charge on any atom is 0.148 e. The number of hydrogen-bond donors (Lipinski definition) is 2. The van der Waals surface area contributed by atoms with Crippen molar-refractivity contribution in [3.8, 4) is 0 Å². The van der Waals surface area contributed by atoms with Crippen molar-refractivity contribution in [1.29, 1.82) is 0 Å². The first-order valence-electron chi connectivity index (χ1n) is 8.01. The molecular weight excluding hydrogens is 262 g/mol. The number of fused-ring (bicyclic) bond motifs is 1. The molecule has 1 saturated heterocycles. The normalized spacial score (nSPS) is 25.3. The van der Waals surface area contributed by atoms with Gasteiger partial charge in [-0.15, -0.1) is 0 Å². The highest BCUT2D eigenvalue weighted by Gasteiger charge is 2.37. The minimum absolute atomic E-state index is 0.0797. The fraction of sp³-hybridized carbons (Fsp3) is 0.750. The van der Waals surface area contributed by atoms with Gasteiger partial charge in [0, 0.05) is 24.1 Å². The fourth-order valence-corrected chi connectivity index (χ4v) is 3.70. The lowest BCUT2D eigenvalue weighted by Gasteiger charge is -2.25. The first kappa shape index (κ1) is 14.6. The number of hydrogen-bond acceptors (Lipinski definition) is 5. The van der Waals surface area contributed by atoms with Crippen LogP contribution in [0.3, 0.4) is 0 Å². The molecule has 2 heterocycles. The van der Waals surface area contributed by atoms with Crippen molar-refractivity contribution in [3.63, 3.8) is 0 Å². The molecule has 5 nitrogen and oxygen atoms in total. The van der Waals surface area contributed by atoms with E-state index in [9.17, 15) is 0 Å². The van der Waals surface area contributed by atoms with Gasteiger partial charge in [0.05, 0.1) is 0 Å². The van der Waals surface area contributed by atoms with E-state index in [1.807, 2.05) is 0 Å². The van der Waals surface area contributed by atoms with Gasteiger partial charge in [-0.3, -0.25) is 0 Å². The quantitative estimate of drug-likeness (QED) is 0.647. The van der Waals surface area contributed by atoms with E-state index in [4.69, 9.17) is 10.8 Å². The van der Waals surface area contributed by atoms with Crippen LogP contribution in [0.4, 0.5) is 11.6 Å². The Labute approximate surface area is 127 Å². The Morgan fingerprint density at radius 3 is 2.29 bits per heavy atom.